The van der Waals surface area contributed by atoms with Crippen molar-refractivity contribution in [3.8, 4) is 0 Å². The minimum absolute atomic E-state index is 0.0785. The second-order valence-electron chi connectivity index (χ2n) is 6.42. The first-order valence-corrected chi connectivity index (χ1v) is 11.3. The summed E-state index contributed by atoms with van der Waals surface area (Å²) in [7, 11) is 1.04. The highest BCUT2D eigenvalue weighted by Crippen LogP contribution is 2.18. The summed E-state index contributed by atoms with van der Waals surface area (Å²) in [5.41, 5.74) is 6.78. The predicted molar refractivity (Wildman–Crippen MR) is 120 cm³/mol. The average Bonchev–Trinajstić information content (AvgIpc) is 3.01. The van der Waals surface area contributed by atoms with Crippen LogP contribution < -0.4 is 11.4 Å². The minimum Gasteiger partial charge on any atom is -0.382 e. The summed E-state index contributed by atoms with van der Waals surface area (Å²) in [5.74, 6) is 0.856. The number of imidazole rings is 1. The normalized spacial score (nSPS) is 11.6. The summed E-state index contributed by atoms with van der Waals surface area (Å²) >= 11 is 5.90. The molecule has 0 aliphatic rings. The van der Waals surface area contributed by atoms with Gasteiger partial charge in [0.25, 0.3) is 0 Å². The third-order valence-corrected chi connectivity index (χ3v) is 5.45. The molecule has 1 aromatic carbocycles. The molecule has 0 aliphatic carbocycles. The van der Waals surface area contributed by atoms with Gasteiger partial charge in [-0.05, 0) is 24.6 Å². The van der Waals surface area contributed by atoms with E-state index in [0.29, 0.717) is 17.2 Å². The van der Waals surface area contributed by atoms with Gasteiger partial charge in [-0.15, -0.1) is 0 Å². The van der Waals surface area contributed by atoms with Gasteiger partial charge in [0.1, 0.15) is 11.8 Å². The molecule has 2 aromatic heterocycles. The second-order valence-corrected chi connectivity index (χ2v) is 8.58. The highest BCUT2D eigenvalue weighted by Gasteiger charge is 2.23. The molecule has 3 rings (SSSR count). The Bertz CT molecular complexity index is 1110. The number of fused-ring (bicyclic) bond motifs is 1. The maximum atomic E-state index is 12.9. The maximum absolute atomic E-state index is 12.9. The number of carbonyl (C=O) groups is 1. The molecule has 2 N–H and O–H groups in total. The summed E-state index contributed by atoms with van der Waals surface area (Å²) in [6.45, 7) is 4.40. The van der Waals surface area contributed by atoms with E-state index in [0.717, 1.165) is 15.9 Å². The van der Waals surface area contributed by atoms with Crippen LogP contribution in [0.3, 0.4) is 0 Å². The van der Waals surface area contributed by atoms with Crippen LogP contribution in [0.25, 0.3) is 11.2 Å². The molecule has 162 valence electrons. The smallest absolute Gasteiger partial charge is 0.339 e. The van der Waals surface area contributed by atoms with E-state index in [1.54, 1.807) is 25.4 Å². The van der Waals surface area contributed by atoms with Crippen molar-refractivity contribution in [3.63, 3.8) is 0 Å². The van der Waals surface area contributed by atoms with Gasteiger partial charge in [-0.1, -0.05) is 30.7 Å². The van der Waals surface area contributed by atoms with Crippen LogP contribution in [0.5, 0.6) is 0 Å². The number of hydrogen-bond acceptors (Lipinski definition) is 6. The van der Waals surface area contributed by atoms with Crippen LogP contribution in [-0.4, -0.2) is 59.8 Å². The van der Waals surface area contributed by atoms with E-state index in [-0.39, 0.29) is 17.9 Å². The van der Waals surface area contributed by atoms with Gasteiger partial charge in [-0.25, -0.2) is 24.1 Å². The summed E-state index contributed by atoms with van der Waals surface area (Å²) < 4.78 is 12.3. The number of rotatable bonds is 4. The van der Waals surface area contributed by atoms with Gasteiger partial charge in [0.05, 0.1) is 6.54 Å². The van der Waals surface area contributed by atoms with Crippen molar-refractivity contribution in [2.45, 2.75) is 20.4 Å². The third-order valence-electron chi connectivity index (χ3n) is 4.39. The number of anilines is 1. The zero-order valence-electron chi connectivity index (χ0n) is 17.3. The molecule has 0 bridgehead atoms. The maximum Gasteiger partial charge on any atom is 0.339 e. The van der Waals surface area contributed by atoms with Crippen molar-refractivity contribution < 1.29 is 9.00 Å². The molecule has 0 unspecified atom stereocenters. The molecule has 2 heterocycles. The second kappa shape index (κ2) is 10.4. The lowest BCUT2D eigenvalue weighted by Gasteiger charge is -2.14. The molecule has 1 amide bonds. The molecule has 30 heavy (non-hydrogen) atoms. The number of carbonyl (C=O) groups excluding carboxylic acids is 1. The minimum atomic E-state index is -0.573. The molecule has 9 nitrogen and oxygen atoms in total. The first-order chi connectivity index (χ1) is 14.2. The van der Waals surface area contributed by atoms with Gasteiger partial charge in [0, 0.05) is 41.4 Å². The van der Waals surface area contributed by atoms with Crippen LogP contribution in [0, 0.1) is 0 Å². The van der Waals surface area contributed by atoms with Crippen LogP contribution in [0.2, 0.25) is 5.02 Å². The number of nitrogen functional groups attached to an aromatic ring is 1. The van der Waals surface area contributed by atoms with Gasteiger partial charge in [-0.3, -0.25) is 8.78 Å². The molecular formula is C19H25ClN6O3S. The van der Waals surface area contributed by atoms with E-state index < -0.39 is 22.5 Å². The number of hydrogen-bond donors (Lipinski definition) is 1. The van der Waals surface area contributed by atoms with E-state index in [1.165, 1.54) is 15.8 Å². The highest BCUT2D eigenvalue weighted by atomic mass is 35.5. The largest absolute Gasteiger partial charge is 0.382 e. The van der Waals surface area contributed by atoms with E-state index in [4.69, 9.17) is 17.3 Å². The van der Waals surface area contributed by atoms with Crippen LogP contribution in [0.1, 0.15) is 19.4 Å². The SMILES string of the molecule is CCN(C)C(=O)n1c(=O)n(Cc2ccc(Cl)cc2)c2ncnc(N)c21.CC[S@](C)=O. The van der Waals surface area contributed by atoms with E-state index in [9.17, 15) is 13.8 Å². The number of amides is 1. The predicted octanol–water partition coefficient (Wildman–Crippen LogP) is 2.18. The van der Waals surface area contributed by atoms with Crippen molar-refractivity contribution in [2.24, 2.45) is 0 Å². The Kier molecular flexibility index (Phi) is 8.13. The Hall–Kier alpha value is -2.72. The highest BCUT2D eigenvalue weighted by molar-refractivity contribution is 7.84. The Morgan fingerprint density at radius 2 is 1.83 bits per heavy atom. The Balaban J connectivity index is 0.000000575. The number of halogens is 1. The summed E-state index contributed by atoms with van der Waals surface area (Å²) in [6, 6.07) is 6.61. The third kappa shape index (κ3) is 5.25. The molecule has 0 fully saturated rings. The molecule has 1 atom stereocenters. The van der Waals surface area contributed by atoms with Gasteiger partial charge >= 0.3 is 11.7 Å². The van der Waals surface area contributed by atoms with Crippen molar-refractivity contribution in [1.29, 1.82) is 0 Å². The fourth-order valence-electron chi connectivity index (χ4n) is 2.50. The number of aromatic nitrogens is 4. The topological polar surface area (TPSA) is 116 Å². The zero-order chi connectivity index (χ0) is 22.4. The van der Waals surface area contributed by atoms with Gasteiger partial charge in [0.2, 0.25) is 0 Å². The van der Waals surface area contributed by atoms with Crippen LogP contribution in [-0.2, 0) is 17.3 Å². The molecule has 0 aliphatic heterocycles. The van der Waals surface area contributed by atoms with E-state index in [1.807, 2.05) is 26.0 Å². The lowest BCUT2D eigenvalue weighted by Crippen LogP contribution is -2.38. The monoisotopic (exact) mass is 452 g/mol. The van der Waals surface area contributed by atoms with Gasteiger partial charge in [-0.2, -0.15) is 0 Å². The summed E-state index contributed by atoms with van der Waals surface area (Å²) in [6.07, 6.45) is 2.97. The van der Waals surface area contributed by atoms with Crippen LogP contribution in [0.4, 0.5) is 10.6 Å². The quantitative estimate of drug-likeness (QED) is 0.648. The van der Waals surface area contributed by atoms with Crippen molar-refractivity contribution in [3.05, 3.63) is 51.7 Å². The molecule has 0 radical (unpaired) electrons. The fraction of sp³-hybridized carbons (Fsp3) is 0.368. The number of nitrogens with two attached hydrogens (primary N) is 1. The first-order valence-electron chi connectivity index (χ1n) is 9.22. The fourth-order valence-corrected chi connectivity index (χ4v) is 2.63. The standard InChI is InChI=1S/C16H17ClN6O2.C3H8OS/c1-3-21(2)15(24)23-12-13(18)19-9-20-14(12)22(16(23)25)8-10-4-6-11(17)7-5-10;1-3-5(2)4/h4-7,9H,3,8H2,1-2H3,(H2,18,19,20);3H2,1-2H3/t;5-/m.0/s1. The Labute approximate surface area is 181 Å². The molecule has 0 saturated carbocycles. The average molecular weight is 453 g/mol. The molecule has 3 aromatic rings. The van der Waals surface area contributed by atoms with E-state index in [2.05, 4.69) is 9.97 Å². The van der Waals surface area contributed by atoms with Gasteiger partial charge in [0.15, 0.2) is 11.5 Å². The lowest BCUT2D eigenvalue weighted by atomic mass is 10.2. The van der Waals surface area contributed by atoms with Gasteiger partial charge < -0.3 is 10.6 Å². The van der Waals surface area contributed by atoms with Crippen LogP contribution >= 0.6 is 11.6 Å². The van der Waals surface area contributed by atoms with Crippen molar-refractivity contribution >= 4 is 45.4 Å². The number of benzene rings is 1. The Morgan fingerprint density at radius 3 is 2.37 bits per heavy atom. The lowest BCUT2D eigenvalue weighted by molar-refractivity contribution is 0.212. The molecular weight excluding hydrogens is 428 g/mol. The first kappa shape index (κ1) is 23.6. The zero-order valence-corrected chi connectivity index (χ0v) is 18.9. The van der Waals surface area contributed by atoms with E-state index >= 15 is 0 Å². The molecule has 0 spiro atoms. The molecule has 11 heteroatoms. The Morgan fingerprint density at radius 1 is 1.23 bits per heavy atom. The number of nitrogens with zero attached hydrogens (tertiary/aromatic N) is 5. The van der Waals surface area contributed by atoms with Crippen molar-refractivity contribution in [2.75, 3.05) is 31.3 Å². The van der Waals surface area contributed by atoms with Crippen molar-refractivity contribution in [1.82, 2.24) is 24.0 Å². The summed E-state index contributed by atoms with van der Waals surface area (Å²) in [5, 5.41) is 0.602. The molecule has 0 saturated heterocycles. The summed E-state index contributed by atoms with van der Waals surface area (Å²) in [4.78, 5) is 35.0. The van der Waals surface area contributed by atoms with Crippen LogP contribution in [0.15, 0.2) is 35.4 Å².